The van der Waals surface area contributed by atoms with Crippen LogP contribution in [0, 0.1) is 17.1 Å². The molecule has 0 saturated heterocycles. The van der Waals surface area contributed by atoms with Crippen LogP contribution >= 0.6 is 0 Å². The molecule has 0 saturated carbocycles. The molecule has 144 valence electrons. The van der Waals surface area contributed by atoms with Crippen LogP contribution in [-0.2, 0) is 0 Å². The number of benzene rings is 2. The predicted molar refractivity (Wildman–Crippen MR) is 114 cm³/mol. The maximum atomic E-state index is 13.2. The minimum absolute atomic E-state index is 0.0832. The molecule has 0 N–H and O–H groups in total. The van der Waals surface area contributed by atoms with Gasteiger partial charge in [-0.1, -0.05) is 18.2 Å². The lowest BCUT2D eigenvalue weighted by molar-refractivity contribution is 0.413. The van der Waals surface area contributed by atoms with Crippen molar-refractivity contribution in [3.63, 3.8) is 0 Å². The highest BCUT2D eigenvalue weighted by Gasteiger charge is 2.31. The molecule has 0 atom stereocenters. The van der Waals surface area contributed by atoms with E-state index in [1.165, 1.54) is 17.7 Å². The van der Waals surface area contributed by atoms with Gasteiger partial charge in [0.1, 0.15) is 11.6 Å². The minimum atomic E-state index is -0.324. The van der Waals surface area contributed by atoms with Crippen molar-refractivity contribution in [3.8, 4) is 11.8 Å². The van der Waals surface area contributed by atoms with Crippen LogP contribution in [0.1, 0.15) is 44.4 Å². The summed E-state index contributed by atoms with van der Waals surface area (Å²) in [7, 11) is 1.63. The van der Waals surface area contributed by atoms with E-state index in [2.05, 4.69) is 50.8 Å². The van der Waals surface area contributed by atoms with Gasteiger partial charge in [-0.05, 0) is 63.1 Å². The molecule has 3 nitrogen and oxygen atoms in total. The van der Waals surface area contributed by atoms with Crippen molar-refractivity contribution in [1.29, 1.82) is 5.26 Å². The van der Waals surface area contributed by atoms with Crippen LogP contribution in [0.5, 0.6) is 5.75 Å². The van der Waals surface area contributed by atoms with E-state index in [0.717, 1.165) is 23.4 Å². The van der Waals surface area contributed by atoms with E-state index in [4.69, 9.17) is 4.74 Å². The molecule has 1 aliphatic rings. The molecule has 28 heavy (non-hydrogen) atoms. The molecule has 0 amide bonds. The molecule has 1 heterocycles. The van der Waals surface area contributed by atoms with E-state index < -0.39 is 0 Å². The van der Waals surface area contributed by atoms with Crippen LogP contribution in [-0.4, -0.2) is 19.2 Å². The number of ether oxygens (including phenoxy) is 1. The zero-order chi connectivity index (χ0) is 20.5. The third-order valence-corrected chi connectivity index (χ3v) is 5.22. The molecule has 0 fully saturated rings. The van der Waals surface area contributed by atoms with Crippen LogP contribution in [0.25, 0.3) is 17.2 Å². The third kappa shape index (κ3) is 3.53. The van der Waals surface area contributed by atoms with E-state index in [1.807, 2.05) is 6.07 Å². The van der Waals surface area contributed by atoms with Crippen LogP contribution < -0.4 is 9.64 Å². The van der Waals surface area contributed by atoms with Gasteiger partial charge in [-0.25, -0.2) is 4.39 Å². The standard InChI is InChI=1S/C24H25FN2O/c1-6-27-22-13-23(28-5)18(12-21(22)16(2)14-24(27,3)4)11-19(15-26)17-7-9-20(25)10-8-17/h7-14H,6H2,1-5H3/b19-11+. The second-order valence-electron chi connectivity index (χ2n) is 7.51. The van der Waals surface area contributed by atoms with E-state index in [1.54, 1.807) is 25.3 Å². The fourth-order valence-electron chi connectivity index (χ4n) is 3.95. The normalized spacial score (nSPS) is 15.5. The molecule has 0 radical (unpaired) electrons. The fraction of sp³-hybridized carbons (Fsp3) is 0.292. The summed E-state index contributed by atoms with van der Waals surface area (Å²) in [5, 5.41) is 9.64. The quantitative estimate of drug-likeness (QED) is 0.491. The van der Waals surface area contributed by atoms with Gasteiger partial charge in [-0.15, -0.1) is 0 Å². The summed E-state index contributed by atoms with van der Waals surface area (Å²) in [4.78, 5) is 2.34. The van der Waals surface area contributed by atoms with Crippen molar-refractivity contribution in [2.75, 3.05) is 18.6 Å². The first-order chi connectivity index (χ1) is 13.3. The number of fused-ring (bicyclic) bond motifs is 1. The van der Waals surface area contributed by atoms with Gasteiger partial charge in [0.2, 0.25) is 0 Å². The minimum Gasteiger partial charge on any atom is -0.496 e. The van der Waals surface area contributed by atoms with Crippen LogP contribution in [0.15, 0.2) is 42.5 Å². The molecule has 4 heteroatoms. The van der Waals surface area contributed by atoms with E-state index in [-0.39, 0.29) is 11.4 Å². The zero-order valence-electron chi connectivity index (χ0n) is 17.0. The summed E-state index contributed by atoms with van der Waals surface area (Å²) in [5.41, 5.74) is 5.33. The van der Waals surface area contributed by atoms with Crippen molar-refractivity contribution >= 4 is 22.9 Å². The lowest BCUT2D eigenvalue weighted by Crippen LogP contribution is -2.44. The van der Waals surface area contributed by atoms with Crippen molar-refractivity contribution < 1.29 is 9.13 Å². The van der Waals surface area contributed by atoms with Gasteiger partial charge in [0.25, 0.3) is 0 Å². The maximum absolute atomic E-state index is 13.2. The summed E-state index contributed by atoms with van der Waals surface area (Å²) in [6.45, 7) is 9.53. The number of nitrogens with zero attached hydrogens (tertiary/aromatic N) is 2. The number of methoxy groups -OCH3 is 1. The molecule has 0 spiro atoms. The van der Waals surface area contributed by atoms with Gasteiger partial charge < -0.3 is 9.64 Å². The average Bonchev–Trinajstić information content (AvgIpc) is 2.66. The topological polar surface area (TPSA) is 36.3 Å². The first kappa shape index (κ1) is 19.7. The van der Waals surface area contributed by atoms with Crippen molar-refractivity contribution in [1.82, 2.24) is 0 Å². The molecule has 0 unspecified atom stereocenters. The number of likely N-dealkylation sites (N-methyl/N-ethyl adjacent to an activating group) is 1. The molecular weight excluding hydrogens is 351 g/mol. The number of hydrogen-bond donors (Lipinski definition) is 0. The Morgan fingerprint density at radius 3 is 2.50 bits per heavy atom. The molecule has 0 aliphatic carbocycles. The Balaban J connectivity index is 2.17. The fourth-order valence-corrected chi connectivity index (χ4v) is 3.95. The number of hydrogen-bond acceptors (Lipinski definition) is 3. The lowest BCUT2D eigenvalue weighted by Gasteiger charge is -2.43. The summed E-state index contributed by atoms with van der Waals surface area (Å²) >= 11 is 0. The SMILES string of the molecule is CCN1c2cc(OC)c(/C=C(\C#N)c3ccc(F)cc3)cc2C(C)=CC1(C)C. The molecule has 2 aromatic rings. The molecular formula is C24H25FN2O. The van der Waals surface area contributed by atoms with Gasteiger partial charge in [-0.2, -0.15) is 5.26 Å². The number of allylic oxidation sites excluding steroid dienone is 2. The third-order valence-electron chi connectivity index (χ3n) is 5.22. The second kappa shape index (κ2) is 7.52. The molecule has 2 aromatic carbocycles. The Hall–Kier alpha value is -3.06. The lowest BCUT2D eigenvalue weighted by atomic mass is 9.87. The van der Waals surface area contributed by atoms with E-state index >= 15 is 0 Å². The Labute approximate surface area is 166 Å². The predicted octanol–water partition coefficient (Wildman–Crippen LogP) is 5.92. The number of rotatable bonds is 4. The highest BCUT2D eigenvalue weighted by molar-refractivity contribution is 5.93. The van der Waals surface area contributed by atoms with Crippen LogP contribution in [0.3, 0.4) is 0 Å². The first-order valence-corrected chi connectivity index (χ1v) is 9.38. The molecule has 3 rings (SSSR count). The van der Waals surface area contributed by atoms with Crippen LogP contribution in [0.2, 0.25) is 0 Å². The van der Waals surface area contributed by atoms with Crippen molar-refractivity contribution in [3.05, 3.63) is 65.0 Å². The first-order valence-electron chi connectivity index (χ1n) is 9.38. The summed E-state index contributed by atoms with van der Waals surface area (Å²) < 4.78 is 18.9. The van der Waals surface area contributed by atoms with Crippen LogP contribution in [0.4, 0.5) is 10.1 Å². The van der Waals surface area contributed by atoms with Gasteiger partial charge in [-0.3, -0.25) is 0 Å². The van der Waals surface area contributed by atoms with Crippen molar-refractivity contribution in [2.45, 2.75) is 33.2 Å². The molecule has 0 bridgehead atoms. The molecule has 1 aliphatic heterocycles. The van der Waals surface area contributed by atoms with Gasteiger partial charge in [0, 0.05) is 29.4 Å². The highest BCUT2D eigenvalue weighted by Crippen LogP contribution is 2.42. The van der Waals surface area contributed by atoms with Gasteiger partial charge in [0.05, 0.1) is 24.3 Å². The monoisotopic (exact) mass is 376 g/mol. The van der Waals surface area contributed by atoms with Crippen molar-refractivity contribution in [2.24, 2.45) is 0 Å². The zero-order valence-corrected chi connectivity index (χ0v) is 17.0. The average molecular weight is 376 g/mol. The Morgan fingerprint density at radius 2 is 1.93 bits per heavy atom. The Bertz CT molecular complexity index is 995. The number of nitriles is 1. The summed E-state index contributed by atoms with van der Waals surface area (Å²) in [6.07, 6.45) is 4.07. The second-order valence-corrected chi connectivity index (χ2v) is 7.51. The van der Waals surface area contributed by atoms with Gasteiger partial charge in [0.15, 0.2) is 0 Å². The Morgan fingerprint density at radius 1 is 1.25 bits per heavy atom. The largest absolute Gasteiger partial charge is 0.496 e. The Kier molecular flexibility index (Phi) is 5.29. The number of anilines is 1. The van der Waals surface area contributed by atoms with E-state index in [0.29, 0.717) is 16.9 Å². The smallest absolute Gasteiger partial charge is 0.128 e. The summed E-state index contributed by atoms with van der Waals surface area (Å²) in [6, 6.07) is 12.3. The maximum Gasteiger partial charge on any atom is 0.128 e. The van der Waals surface area contributed by atoms with Gasteiger partial charge >= 0.3 is 0 Å². The highest BCUT2D eigenvalue weighted by atomic mass is 19.1. The van der Waals surface area contributed by atoms with E-state index in [9.17, 15) is 9.65 Å². The molecule has 0 aromatic heterocycles. The number of halogens is 1. The summed E-state index contributed by atoms with van der Waals surface area (Å²) in [5.74, 6) is 0.382.